The smallest absolute Gasteiger partial charge is 0.122 e. The largest absolute Gasteiger partial charge is 0.493 e. The fraction of sp³-hybridized carbons (Fsp3) is 0.444. The van der Waals surface area contributed by atoms with Gasteiger partial charge in [0.05, 0.1) is 6.61 Å². The van der Waals surface area contributed by atoms with Crippen molar-refractivity contribution in [3.8, 4) is 5.75 Å². The van der Waals surface area contributed by atoms with Crippen LogP contribution in [0.15, 0.2) is 34.7 Å². The molecule has 0 bridgehead atoms. The van der Waals surface area contributed by atoms with Crippen LogP contribution >= 0.6 is 0 Å². The third kappa shape index (κ3) is 2.70. The number of ether oxygens (including phenoxy) is 1. The number of rotatable bonds is 4. The van der Waals surface area contributed by atoms with Gasteiger partial charge in [-0.3, -0.25) is 0 Å². The van der Waals surface area contributed by atoms with Crippen molar-refractivity contribution in [2.75, 3.05) is 13.2 Å². The molecule has 3 nitrogen and oxygen atoms in total. The minimum Gasteiger partial charge on any atom is -0.493 e. The molecule has 0 amide bonds. The van der Waals surface area contributed by atoms with Gasteiger partial charge in [0.15, 0.2) is 0 Å². The molecule has 1 N–H and O–H groups in total. The molecule has 1 aromatic heterocycles. The lowest BCUT2D eigenvalue weighted by Crippen LogP contribution is -2.30. The van der Waals surface area contributed by atoms with Crippen molar-refractivity contribution in [2.45, 2.75) is 39.2 Å². The van der Waals surface area contributed by atoms with Gasteiger partial charge in [-0.25, -0.2) is 0 Å². The van der Waals surface area contributed by atoms with Crippen LogP contribution in [0.4, 0.5) is 0 Å². The molecule has 1 aromatic carbocycles. The van der Waals surface area contributed by atoms with Crippen molar-refractivity contribution in [3.05, 3.63) is 53.0 Å². The molecule has 21 heavy (non-hydrogen) atoms. The number of nitrogens with one attached hydrogen (secondary N) is 1. The zero-order chi connectivity index (χ0) is 14.8. The summed E-state index contributed by atoms with van der Waals surface area (Å²) in [4.78, 5) is 0. The number of hydrogen-bond donors (Lipinski definition) is 1. The number of furan rings is 1. The van der Waals surface area contributed by atoms with Crippen molar-refractivity contribution < 1.29 is 9.15 Å². The van der Waals surface area contributed by atoms with E-state index in [1.807, 2.05) is 13.0 Å². The molecule has 2 unspecified atom stereocenters. The van der Waals surface area contributed by atoms with Crippen molar-refractivity contribution in [1.29, 1.82) is 0 Å². The van der Waals surface area contributed by atoms with E-state index in [1.165, 1.54) is 11.1 Å². The Morgan fingerprint density at radius 2 is 2.10 bits per heavy atom. The summed E-state index contributed by atoms with van der Waals surface area (Å²) in [7, 11) is 0. The number of likely N-dealkylation sites (N-methyl/N-ethyl adjacent to an activating group) is 1. The van der Waals surface area contributed by atoms with Crippen LogP contribution in [-0.4, -0.2) is 13.2 Å². The summed E-state index contributed by atoms with van der Waals surface area (Å²) < 4.78 is 11.6. The van der Waals surface area contributed by atoms with Crippen molar-refractivity contribution in [1.82, 2.24) is 5.32 Å². The van der Waals surface area contributed by atoms with Crippen molar-refractivity contribution in [2.24, 2.45) is 0 Å². The van der Waals surface area contributed by atoms with Crippen LogP contribution in [0.3, 0.4) is 0 Å². The topological polar surface area (TPSA) is 34.4 Å². The second-order valence-corrected chi connectivity index (χ2v) is 5.69. The van der Waals surface area contributed by atoms with Crippen LogP contribution in [0.25, 0.3) is 0 Å². The SMILES string of the molecule is CCNC(c1cc(C)oc1C)C1CCOc2ccccc21. The van der Waals surface area contributed by atoms with E-state index in [1.54, 1.807) is 0 Å². The van der Waals surface area contributed by atoms with Crippen molar-refractivity contribution in [3.63, 3.8) is 0 Å². The minimum absolute atomic E-state index is 0.275. The highest BCUT2D eigenvalue weighted by molar-refractivity contribution is 5.41. The Hall–Kier alpha value is -1.74. The molecule has 3 heteroatoms. The standard InChI is InChI=1S/C18H23NO2/c1-4-19-18(16-11-12(2)21-13(16)3)15-9-10-20-17-8-6-5-7-14(15)17/h5-8,11,15,18-19H,4,9-10H2,1-3H3. The van der Waals surface area contributed by atoms with E-state index in [-0.39, 0.29) is 6.04 Å². The first-order valence-corrected chi connectivity index (χ1v) is 7.72. The summed E-state index contributed by atoms with van der Waals surface area (Å²) in [5.41, 5.74) is 2.57. The Bertz CT molecular complexity index is 617. The van der Waals surface area contributed by atoms with E-state index in [9.17, 15) is 0 Å². The lowest BCUT2D eigenvalue weighted by molar-refractivity contribution is 0.246. The average Bonchev–Trinajstić information content (AvgIpc) is 2.83. The Labute approximate surface area is 126 Å². The van der Waals surface area contributed by atoms with E-state index < -0.39 is 0 Å². The van der Waals surface area contributed by atoms with Crippen LogP contribution in [0.1, 0.15) is 48.0 Å². The predicted molar refractivity (Wildman–Crippen MR) is 83.9 cm³/mol. The van der Waals surface area contributed by atoms with Gasteiger partial charge in [0.25, 0.3) is 0 Å². The van der Waals surface area contributed by atoms with Gasteiger partial charge in [0.2, 0.25) is 0 Å². The van der Waals surface area contributed by atoms with Gasteiger partial charge < -0.3 is 14.5 Å². The molecule has 0 saturated heterocycles. The van der Waals surface area contributed by atoms with Gasteiger partial charge in [-0.2, -0.15) is 0 Å². The average molecular weight is 285 g/mol. The van der Waals surface area contributed by atoms with Gasteiger partial charge >= 0.3 is 0 Å². The maximum Gasteiger partial charge on any atom is 0.122 e. The van der Waals surface area contributed by atoms with Crippen LogP contribution in [0.2, 0.25) is 0 Å². The van der Waals surface area contributed by atoms with E-state index in [2.05, 4.69) is 43.4 Å². The summed E-state index contributed by atoms with van der Waals surface area (Å²) in [6.07, 6.45) is 1.03. The zero-order valence-corrected chi connectivity index (χ0v) is 13.0. The zero-order valence-electron chi connectivity index (χ0n) is 13.0. The maximum atomic E-state index is 5.80. The molecule has 112 valence electrons. The first kappa shape index (κ1) is 14.2. The summed E-state index contributed by atoms with van der Waals surface area (Å²) in [5.74, 6) is 3.44. The van der Waals surface area contributed by atoms with Crippen LogP contribution in [0, 0.1) is 13.8 Å². The molecule has 1 aliphatic rings. The summed E-state index contributed by atoms with van der Waals surface area (Å²) in [6, 6.07) is 10.8. The normalized spacial score (nSPS) is 18.9. The predicted octanol–water partition coefficient (Wildman–Crippen LogP) is 4.11. The second-order valence-electron chi connectivity index (χ2n) is 5.69. The Kier molecular flexibility index (Phi) is 4.02. The van der Waals surface area contributed by atoms with E-state index in [4.69, 9.17) is 9.15 Å². The quantitative estimate of drug-likeness (QED) is 0.918. The Morgan fingerprint density at radius 3 is 2.81 bits per heavy atom. The molecular weight excluding hydrogens is 262 g/mol. The molecule has 3 rings (SSSR count). The fourth-order valence-electron chi connectivity index (χ4n) is 3.36. The van der Waals surface area contributed by atoms with Crippen LogP contribution in [-0.2, 0) is 0 Å². The van der Waals surface area contributed by atoms with E-state index in [0.717, 1.165) is 36.8 Å². The fourth-order valence-corrected chi connectivity index (χ4v) is 3.36. The summed E-state index contributed by atoms with van der Waals surface area (Å²) in [6.45, 7) is 7.93. The van der Waals surface area contributed by atoms with E-state index >= 15 is 0 Å². The highest BCUT2D eigenvalue weighted by Crippen LogP contribution is 2.42. The molecular formula is C18H23NO2. The summed E-state index contributed by atoms with van der Waals surface area (Å²) in [5, 5.41) is 3.65. The molecule has 0 fully saturated rings. The third-order valence-electron chi connectivity index (χ3n) is 4.25. The molecule has 2 heterocycles. The molecule has 0 radical (unpaired) electrons. The summed E-state index contributed by atoms with van der Waals surface area (Å²) >= 11 is 0. The van der Waals surface area contributed by atoms with Crippen LogP contribution in [0.5, 0.6) is 5.75 Å². The van der Waals surface area contributed by atoms with Gasteiger partial charge in [-0.1, -0.05) is 25.1 Å². The molecule has 2 atom stereocenters. The second kappa shape index (κ2) is 5.94. The van der Waals surface area contributed by atoms with Gasteiger partial charge in [0, 0.05) is 17.5 Å². The monoisotopic (exact) mass is 285 g/mol. The van der Waals surface area contributed by atoms with E-state index in [0.29, 0.717) is 5.92 Å². The minimum atomic E-state index is 0.275. The van der Waals surface area contributed by atoms with Gasteiger partial charge in [-0.15, -0.1) is 0 Å². The molecule has 0 aliphatic carbocycles. The maximum absolute atomic E-state index is 5.80. The Morgan fingerprint density at radius 1 is 1.29 bits per heavy atom. The molecule has 0 spiro atoms. The molecule has 1 aliphatic heterocycles. The molecule has 0 saturated carbocycles. The van der Waals surface area contributed by atoms with Gasteiger partial charge in [-0.05, 0) is 44.5 Å². The number of para-hydroxylation sites is 1. The third-order valence-corrected chi connectivity index (χ3v) is 4.25. The number of hydrogen-bond acceptors (Lipinski definition) is 3. The first-order chi connectivity index (χ1) is 10.2. The number of fused-ring (bicyclic) bond motifs is 1. The highest BCUT2D eigenvalue weighted by atomic mass is 16.5. The molecule has 2 aromatic rings. The Balaban J connectivity index is 2.01. The first-order valence-electron chi connectivity index (χ1n) is 7.72. The van der Waals surface area contributed by atoms with Crippen LogP contribution < -0.4 is 10.1 Å². The lowest BCUT2D eigenvalue weighted by Gasteiger charge is -2.32. The number of benzene rings is 1. The van der Waals surface area contributed by atoms with Gasteiger partial charge in [0.1, 0.15) is 17.3 Å². The van der Waals surface area contributed by atoms with Crippen molar-refractivity contribution >= 4 is 0 Å². The number of aryl methyl sites for hydroxylation is 2. The highest BCUT2D eigenvalue weighted by Gasteiger charge is 2.31. The lowest BCUT2D eigenvalue weighted by atomic mass is 9.83.